The zero-order chi connectivity index (χ0) is 9.10. The van der Waals surface area contributed by atoms with E-state index in [1.165, 1.54) is 5.39 Å². The quantitative estimate of drug-likeness (QED) is 0.717. The average molecular weight is 173 g/mol. The van der Waals surface area contributed by atoms with Crippen molar-refractivity contribution in [2.75, 3.05) is 6.61 Å². The monoisotopic (exact) mass is 173 g/mol. The summed E-state index contributed by atoms with van der Waals surface area (Å²) in [5.41, 5.74) is 2.15. The van der Waals surface area contributed by atoms with Gasteiger partial charge in [-0.25, -0.2) is 0 Å². The van der Waals surface area contributed by atoms with Crippen molar-refractivity contribution >= 4 is 17.0 Å². The van der Waals surface area contributed by atoms with Crippen LogP contribution < -0.4 is 0 Å². The van der Waals surface area contributed by atoms with Crippen LogP contribution >= 0.6 is 0 Å². The number of hydrogen-bond acceptors (Lipinski definition) is 1. The van der Waals surface area contributed by atoms with Crippen molar-refractivity contribution in [3.63, 3.8) is 0 Å². The van der Waals surface area contributed by atoms with E-state index in [1.807, 2.05) is 24.3 Å². The molecular weight excluding hydrogens is 162 g/mol. The van der Waals surface area contributed by atoms with Crippen LogP contribution in [0.5, 0.6) is 0 Å². The number of aromatic nitrogens is 1. The number of H-pyrrole nitrogens is 1. The number of aliphatic hydroxyl groups excluding tert-OH is 1. The van der Waals surface area contributed by atoms with Gasteiger partial charge in [0.2, 0.25) is 0 Å². The first-order chi connectivity index (χ1) is 6.40. The zero-order valence-electron chi connectivity index (χ0n) is 7.20. The van der Waals surface area contributed by atoms with Crippen LogP contribution in [0.25, 0.3) is 17.0 Å². The van der Waals surface area contributed by atoms with Gasteiger partial charge in [-0.2, -0.15) is 0 Å². The maximum absolute atomic E-state index is 8.60. The van der Waals surface area contributed by atoms with Crippen LogP contribution in [-0.2, 0) is 0 Å². The topological polar surface area (TPSA) is 36.0 Å². The molecule has 1 heterocycles. The highest BCUT2D eigenvalue weighted by molar-refractivity contribution is 5.82. The van der Waals surface area contributed by atoms with Gasteiger partial charge in [0.05, 0.1) is 6.61 Å². The maximum Gasteiger partial charge on any atom is 0.0616 e. The molecule has 2 heteroatoms. The number of hydrogen-bond donors (Lipinski definition) is 2. The predicted molar refractivity (Wildman–Crippen MR) is 54.4 cm³/mol. The molecule has 2 aromatic rings. The molecule has 0 saturated heterocycles. The molecule has 1 aromatic heterocycles. The third-order valence-electron chi connectivity index (χ3n) is 1.95. The summed E-state index contributed by atoms with van der Waals surface area (Å²) in [4.78, 5) is 3.23. The Hall–Kier alpha value is -1.54. The fraction of sp³-hybridized carbons (Fsp3) is 0.0909. The largest absolute Gasteiger partial charge is 0.392 e. The second-order valence-corrected chi connectivity index (χ2v) is 2.90. The normalized spacial score (nSPS) is 11.5. The van der Waals surface area contributed by atoms with Crippen LogP contribution in [0.4, 0.5) is 0 Å². The van der Waals surface area contributed by atoms with Crippen LogP contribution in [-0.4, -0.2) is 16.7 Å². The lowest BCUT2D eigenvalue weighted by Crippen LogP contribution is -1.72. The van der Waals surface area contributed by atoms with E-state index in [9.17, 15) is 0 Å². The molecule has 2 rings (SSSR count). The van der Waals surface area contributed by atoms with Gasteiger partial charge in [-0.3, -0.25) is 0 Å². The molecule has 0 saturated carbocycles. The van der Waals surface area contributed by atoms with Gasteiger partial charge in [0, 0.05) is 11.2 Å². The first-order valence-corrected chi connectivity index (χ1v) is 4.25. The van der Waals surface area contributed by atoms with Gasteiger partial charge in [-0.15, -0.1) is 0 Å². The van der Waals surface area contributed by atoms with Gasteiger partial charge >= 0.3 is 0 Å². The van der Waals surface area contributed by atoms with Crippen LogP contribution in [0, 0.1) is 0 Å². The Labute approximate surface area is 76.5 Å². The fourth-order valence-corrected chi connectivity index (χ4v) is 1.37. The van der Waals surface area contributed by atoms with Gasteiger partial charge < -0.3 is 10.1 Å². The van der Waals surface area contributed by atoms with Crippen LogP contribution in [0.15, 0.2) is 36.4 Å². The standard InChI is InChI=1S/C11H11NO/c13-7-3-5-10-8-9-4-1-2-6-11(9)12-10/h1-6,8,12-13H,7H2/b5-3+. The molecule has 0 unspecified atom stereocenters. The number of aliphatic hydroxyl groups is 1. The summed E-state index contributed by atoms with van der Waals surface area (Å²) in [6.07, 6.45) is 3.59. The van der Waals surface area contributed by atoms with E-state index in [-0.39, 0.29) is 6.61 Å². The highest BCUT2D eigenvalue weighted by atomic mass is 16.2. The maximum atomic E-state index is 8.60. The van der Waals surface area contributed by atoms with Gasteiger partial charge in [0.15, 0.2) is 0 Å². The van der Waals surface area contributed by atoms with Crippen molar-refractivity contribution in [3.05, 3.63) is 42.1 Å². The molecular formula is C11H11NO. The summed E-state index contributed by atoms with van der Waals surface area (Å²) in [7, 11) is 0. The molecule has 66 valence electrons. The first-order valence-electron chi connectivity index (χ1n) is 4.25. The third-order valence-corrected chi connectivity index (χ3v) is 1.95. The number of rotatable bonds is 2. The highest BCUT2D eigenvalue weighted by Gasteiger charge is 1.94. The van der Waals surface area contributed by atoms with E-state index in [1.54, 1.807) is 6.08 Å². The van der Waals surface area contributed by atoms with Gasteiger partial charge in [0.1, 0.15) is 0 Å². The SMILES string of the molecule is OC/C=C/c1cc2ccccc2[nH]1. The Bertz CT molecular complexity index is 395. The van der Waals surface area contributed by atoms with Crippen LogP contribution in [0.3, 0.4) is 0 Å². The first kappa shape index (κ1) is 8.08. The lowest BCUT2D eigenvalue weighted by Gasteiger charge is -1.84. The minimum absolute atomic E-state index is 0.0787. The molecule has 13 heavy (non-hydrogen) atoms. The minimum atomic E-state index is 0.0787. The number of nitrogens with one attached hydrogen (secondary N) is 1. The van der Waals surface area contributed by atoms with Crippen molar-refractivity contribution in [3.8, 4) is 0 Å². The zero-order valence-corrected chi connectivity index (χ0v) is 7.20. The molecule has 0 aliphatic rings. The van der Waals surface area contributed by atoms with Gasteiger partial charge in [-0.05, 0) is 23.6 Å². The summed E-state index contributed by atoms with van der Waals surface area (Å²) in [5.74, 6) is 0. The molecule has 2 N–H and O–H groups in total. The van der Waals surface area contributed by atoms with E-state index in [4.69, 9.17) is 5.11 Å². The molecule has 2 nitrogen and oxygen atoms in total. The number of benzene rings is 1. The lowest BCUT2D eigenvalue weighted by atomic mass is 10.2. The van der Waals surface area contributed by atoms with E-state index in [0.29, 0.717) is 0 Å². The average Bonchev–Trinajstić information content (AvgIpc) is 2.57. The molecule has 0 aliphatic carbocycles. The summed E-state index contributed by atoms with van der Waals surface area (Å²) < 4.78 is 0. The van der Waals surface area contributed by atoms with Crippen molar-refractivity contribution in [2.24, 2.45) is 0 Å². The van der Waals surface area contributed by atoms with E-state index in [0.717, 1.165) is 11.2 Å². The predicted octanol–water partition coefficient (Wildman–Crippen LogP) is 2.17. The second kappa shape index (κ2) is 3.46. The molecule has 0 radical (unpaired) electrons. The second-order valence-electron chi connectivity index (χ2n) is 2.90. The van der Waals surface area contributed by atoms with Gasteiger partial charge in [0.25, 0.3) is 0 Å². The Balaban J connectivity index is 2.44. The summed E-state index contributed by atoms with van der Waals surface area (Å²) in [6.45, 7) is 0.0787. The van der Waals surface area contributed by atoms with E-state index in [2.05, 4.69) is 17.1 Å². The van der Waals surface area contributed by atoms with Crippen molar-refractivity contribution in [1.29, 1.82) is 0 Å². The molecule has 0 bridgehead atoms. The van der Waals surface area contributed by atoms with Crippen molar-refractivity contribution in [2.45, 2.75) is 0 Å². The number of aromatic amines is 1. The lowest BCUT2D eigenvalue weighted by molar-refractivity contribution is 0.343. The Kier molecular flexibility index (Phi) is 2.15. The fourth-order valence-electron chi connectivity index (χ4n) is 1.37. The minimum Gasteiger partial charge on any atom is -0.392 e. The molecule has 1 aromatic carbocycles. The van der Waals surface area contributed by atoms with E-state index < -0.39 is 0 Å². The molecule has 0 spiro atoms. The number of para-hydroxylation sites is 1. The summed E-state index contributed by atoms with van der Waals surface area (Å²) >= 11 is 0. The number of fused-ring (bicyclic) bond motifs is 1. The molecule has 0 fully saturated rings. The Morgan fingerprint density at radius 3 is 2.92 bits per heavy atom. The Morgan fingerprint density at radius 1 is 1.31 bits per heavy atom. The Morgan fingerprint density at radius 2 is 2.15 bits per heavy atom. The van der Waals surface area contributed by atoms with Crippen LogP contribution in [0.1, 0.15) is 5.69 Å². The highest BCUT2D eigenvalue weighted by Crippen LogP contribution is 2.15. The molecule has 0 amide bonds. The van der Waals surface area contributed by atoms with Crippen molar-refractivity contribution in [1.82, 2.24) is 4.98 Å². The van der Waals surface area contributed by atoms with E-state index >= 15 is 0 Å². The van der Waals surface area contributed by atoms with Crippen LogP contribution in [0.2, 0.25) is 0 Å². The smallest absolute Gasteiger partial charge is 0.0616 e. The third kappa shape index (κ3) is 1.63. The molecule has 0 aliphatic heterocycles. The van der Waals surface area contributed by atoms with Gasteiger partial charge in [-0.1, -0.05) is 24.3 Å². The van der Waals surface area contributed by atoms with Crippen molar-refractivity contribution < 1.29 is 5.11 Å². The molecule has 0 atom stereocenters. The summed E-state index contributed by atoms with van der Waals surface area (Å²) in [5, 5.41) is 9.80. The summed E-state index contributed by atoms with van der Waals surface area (Å²) in [6, 6.07) is 10.2.